The maximum atomic E-state index is 11.2. The van der Waals surface area contributed by atoms with Crippen LogP contribution in [0.5, 0.6) is 0 Å². The number of carbonyl (C=O) groups is 1. The minimum Gasteiger partial charge on any atom is -0.363 e. The summed E-state index contributed by atoms with van der Waals surface area (Å²) >= 11 is 3.94. The van der Waals surface area contributed by atoms with Gasteiger partial charge in [-0.25, -0.2) is 9.10 Å². The highest BCUT2D eigenvalue weighted by atomic mass is 32.1. The average Bonchev–Trinajstić information content (AvgIpc) is 2.12. The van der Waals surface area contributed by atoms with Crippen molar-refractivity contribution in [3.8, 4) is 0 Å². The number of methoxy groups -OCH3 is 1. The fraction of sp³-hybridized carbons (Fsp3) is 0.889. The van der Waals surface area contributed by atoms with Gasteiger partial charge in [0.25, 0.3) is 0 Å². The number of thiol groups is 1. The summed E-state index contributed by atoms with van der Waals surface area (Å²) in [6, 6.07) is -0.209. The highest BCUT2D eigenvalue weighted by Gasteiger charge is 2.07. The molecule has 0 aromatic heterocycles. The fourth-order valence-corrected chi connectivity index (χ4v) is 1.16. The monoisotopic (exact) mass is 220 g/mol. The molecule has 4 nitrogen and oxygen atoms in total. The lowest BCUT2D eigenvalue weighted by atomic mass is 10.1. The lowest BCUT2D eigenvalue weighted by Crippen LogP contribution is -2.35. The molecule has 2 amide bonds. The Morgan fingerprint density at radius 1 is 1.57 bits per heavy atom. The summed E-state index contributed by atoms with van der Waals surface area (Å²) in [5.74, 6) is 0.679. The normalized spacial score (nSPS) is 10.4. The van der Waals surface area contributed by atoms with Crippen LogP contribution in [0, 0.1) is 5.92 Å². The zero-order valence-electron chi connectivity index (χ0n) is 9.12. The van der Waals surface area contributed by atoms with Crippen LogP contribution in [0.1, 0.15) is 26.7 Å². The predicted molar refractivity (Wildman–Crippen MR) is 60.2 cm³/mol. The average molecular weight is 220 g/mol. The molecule has 0 aromatic rings. The third kappa shape index (κ3) is 7.03. The zero-order valence-corrected chi connectivity index (χ0v) is 10.0. The zero-order chi connectivity index (χ0) is 11.0. The molecule has 1 N–H and O–H groups in total. The standard InChI is InChI=1S/C9H20N2O2S/c1-8(2)5-4-6-10-9(12)11(14)7-13-3/h8,14H,4-7H2,1-3H3,(H,10,12). The van der Waals surface area contributed by atoms with Gasteiger partial charge in [0, 0.05) is 13.7 Å². The summed E-state index contributed by atoms with van der Waals surface area (Å²) in [5, 5.41) is 2.75. The van der Waals surface area contributed by atoms with Gasteiger partial charge in [-0.15, -0.1) is 0 Å². The van der Waals surface area contributed by atoms with Crippen LogP contribution < -0.4 is 5.32 Å². The molecule has 0 unspecified atom stereocenters. The summed E-state index contributed by atoms with van der Waals surface area (Å²) in [6.45, 7) is 5.21. The first-order valence-electron chi connectivity index (χ1n) is 4.81. The molecule has 0 saturated heterocycles. The smallest absolute Gasteiger partial charge is 0.329 e. The maximum Gasteiger partial charge on any atom is 0.329 e. The Hall–Kier alpha value is -0.420. The number of nitrogens with zero attached hydrogens (tertiary/aromatic N) is 1. The second kappa shape index (κ2) is 7.94. The summed E-state index contributed by atoms with van der Waals surface area (Å²) < 4.78 is 5.96. The van der Waals surface area contributed by atoms with E-state index >= 15 is 0 Å². The van der Waals surface area contributed by atoms with Crippen molar-refractivity contribution in [2.75, 3.05) is 20.4 Å². The largest absolute Gasteiger partial charge is 0.363 e. The number of urea groups is 1. The molecule has 0 radical (unpaired) electrons. The van der Waals surface area contributed by atoms with Crippen LogP contribution in [0.25, 0.3) is 0 Å². The van der Waals surface area contributed by atoms with E-state index < -0.39 is 0 Å². The topological polar surface area (TPSA) is 41.6 Å². The summed E-state index contributed by atoms with van der Waals surface area (Å²) in [7, 11) is 1.52. The second-order valence-electron chi connectivity index (χ2n) is 3.59. The number of carbonyl (C=O) groups excluding carboxylic acids is 1. The molecular weight excluding hydrogens is 200 g/mol. The van der Waals surface area contributed by atoms with Crippen LogP contribution in [0.15, 0.2) is 0 Å². The third-order valence-electron chi connectivity index (χ3n) is 1.72. The molecule has 0 saturated carbocycles. The van der Waals surface area contributed by atoms with Crippen molar-refractivity contribution in [2.24, 2.45) is 5.92 Å². The number of nitrogens with one attached hydrogen (secondary N) is 1. The molecule has 0 aromatic carbocycles. The third-order valence-corrected chi connectivity index (χ3v) is 2.02. The molecule has 0 heterocycles. The van der Waals surface area contributed by atoms with Crippen molar-refractivity contribution in [1.29, 1.82) is 0 Å². The van der Waals surface area contributed by atoms with Gasteiger partial charge in [-0.1, -0.05) is 26.7 Å². The number of hydrogen-bond acceptors (Lipinski definition) is 3. The molecule has 0 aliphatic carbocycles. The molecule has 0 aliphatic rings. The minimum atomic E-state index is -0.209. The first-order valence-corrected chi connectivity index (χ1v) is 5.21. The number of rotatable bonds is 6. The Morgan fingerprint density at radius 3 is 2.71 bits per heavy atom. The van der Waals surface area contributed by atoms with Crippen molar-refractivity contribution in [3.05, 3.63) is 0 Å². The van der Waals surface area contributed by atoms with Gasteiger partial charge in [-0.3, -0.25) is 0 Å². The molecule has 0 aliphatic heterocycles. The van der Waals surface area contributed by atoms with Crippen molar-refractivity contribution < 1.29 is 9.53 Å². The van der Waals surface area contributed by atoms with Gasteiger partial charge < -0.3 is 10.1 Å². The summed E-state index contributed by atoms with van der Waals surface area (Å²) in [5.41, 5.74) is 0. The Kier molecular flexibility index (Phi) is 7.70. The summed E-state index contributed by atoms with van der Waals surface area (Å²) in [4.78, 5) is 11.2. The summed E-state index contributed by atoms with van der Waals surface area (Å²) in [6.07, 6.45) is 2.12. The van der Waals surface area contributed by atoms with E-state index in [1.807, 2.05) is 0 Å². The van der Waals surface area contributed by atoms with Crippen molar-refractivity contribution in [1.82, 2.24) is 9.62 Å². The lowest BCUT2D eigenvalue weighted by Gasteiger charge is -2.15. The van der Waals surface area contributed by atoms with Crippen LogP contribution in [0.3, 0.4) is 0 Å². The molecule has 84 valence electrons. The van der Waals surface area contributed by atoms with Crippen LogP contribution in [-0.2, 0) is 4.74 Å². The van der Waals surface area contributed by atoms with Crippen molar-refractivity contribution in [2.45, 2.75) is 26.7 Å². The number of amides is 2. The van der Waals surface area contributed by atoms with Gasteiger partial charge in [-0.05, 0) is 18.8 Å². The first-order chi connectivity index (χ1) is 6.57. The van der Waals surface area contributed by atoms with Gasteiger partial charge in [0.05, 0.1) is 0 Å². The van der Waals surface area contributed by atoms with Gasteiger partial charge in [-0.2, -0.15) is 0 Å². The lowest BCUT2D eigenvalue weighted by molar-refractivity contribution is 0.131. The Bertz CT molecular complexity index is 165. The quantitative estimate of drug-likeness (QED) is 0.408. The molecule has 5 heteroatoms. The van der Waals surface area contributed by atoms with Crippen LogP contribution in [0.4, 0.5) is 4.79 Å². The van der Waals surface area contributed by atoms with E-state index in [4.69, 9.17) is 4.74 Å². The van der Waals surface area contributed by atoms with E-state index in [-0.39, 0.29) is 12.8 Å². The molecule has 0 atom stereocenters. The van der Waals surface area contributed by atoms with E-state index in [0.29, 0.717) is 12.5 Å². The second-order valence-corrected chi connectivity index (χ2v) is 4.07. The van der Waals surface area contributed by atoms with Gasteiger partial charge in [0.2, 0.25) is 0 Å². The highest BCUT2D eigenvalue weighted by Crippen LogP contribution is 2.02. The van der Waals surface area contributed by atoms with Gasteiger partial charge >= 0.3 is 6.03 Å². The van der Waals surface area contributed by atoms with Crippen molar-refractivity contribution >= 4 is 18.8 Å². The van der Waals surface area contributed by atoms with E-state index in [0.717, 1.165) is 12.8 Å². The molecule has 0 rings (SSSR count). The van der Waals surface area contributed by atoms with E-state index in [9.17, 15) is 4.79 Å². The first kappa shape index (κ1) is 13.6. The number of hydrogen-bond donors (Lipinski definition) is 2. The van der Waals surface area contributed by atoms with E-state index in [1.54, 1.807) is 0 Å². The van der Waals surface area contributed by atoms with E-state index in [2.05, 4.69) is 32.0 Å². The SMILES string of the molecule is COCN(S)C(=O)NCCCC(C)C. The van der Waals surface area contributed by atoms with Crippen LogP contribution in [-0.4, -0.2) is 30.7 Å². The molecule has 14 heavy (non-hydrogen) atoms. The van der Waals surface area contributed by atoms with Gasteiger partial charge in [0.1, 0.15) is 6.73 Å². The predicted octanol–water partition coefficient (Wildman–Crippen LogP) is 1.88. The number of ether oxygens (including phenoxy) is 1. The Balaban J connectivity index is 3.44. The fourth-order valence-electron chi connectivity index (χ4n) is 0.978. The van der Waals surface area contributed by atoms with Crippen LogP contribution in [0.2, 0.25) is 0 Å². The molecule has 0 fully saturated rings. The Morgan fingerprint density at radius 2 is 2.21 bits per heavy atom. The molecule has 0 bridgehead atoms. The van der Waals surface area contributed by atoms with Crippen molar-refractivity contribution in [3.63, 3.8) is 0 Å². The van der Waals surface area contributed by atoms with Gasteiger partial charge in [0.15, 0.2) is 0 Å². The molecular formula is C9H20N2O2S. The highest BCUT2D eigenvalue weighted by molar-refractivity contribution is 7.78. The minimum absolute atomic E-state index is 0.194. The van der Waals surface area contributed by atoms with E-state index in [1.165, 1.54) is 11.4 Å². The Labute approximate surface area is 91.5 Å². The maximum absolute atomic E-state index is 11.2. The molecule has 0 spiro atoms. The van der Waals surface area contributed by atoms with Crippen LogP contribution >= 0.6 is 12.8 Å².